The van der Waals surface area contributed by atoms with E-state index in [1.54, 1.807) is 24.3 Å². The first-order valence-corrected chi connectivity index (χ1v) is 4.40. The van der Waals surface area contributed by atoms with Gasteiger partial charge in [0, 0.05) is 10.6 Å². The zero-order chi connectivity index (χ0) is 10.7. The van der Waals surface area contributed by atoms with Crippen molar-refractivity contribution in [2.75, 3.05) is 0 Å². The third-order valence-electron chi connectivity index (χ3n) is 1.90. The van der Waals surface area contributed by atoms with Crippen molar-refractivity contribution in [1.82, 2.24) is 0 Å². The number of nitrogens with two attached hydrogens (primary N) is 2. The van der Waals surface area contributed by atoms with Gasteiger partial charge in [0.2, 0.25) is 5.91 Å². The van der Waals surface area contributed by atoms with Crippen LogP contribution in [-0.2, 0) is 4.79 Å². The smallest absolute Gasteiger partial charge is 0.245 e. The maximum absolute atomic E-state index is 10.8. The Kier molecular flexibility index (Phi) is 3.28. The summed E-state index contributed by atoms with van der Waals surface area (Å²) in [6.07, 6.45) is 0. The van der Waals surface area contributed by atoms with E-state index in [0.717, 1.165) is 5.56 Å². The summed E-state index contributed by atoms with van der Waals surface area (Å²) in [7, 11) is 0. The van der Waals surface area contributed by atoms with Crippen LogP contribution < -0.4 is 11.5 Å². The molecule has 0 aliphatic carbocycles. The Morgan fingerprint density at radius 1 is 1.50 bits per heavy atom. The molecule has 3 nitrogen and oxygen atoms in total. The highest BCUT2D eigenvalue weighted by Crippen LogP contribution is 2.20. The molecule has 0 spiro atoms. The highest BCUT2D eigenvalue weighted by atomic mass is 35.5. The first-order chi connectivity index (χ1) is 6.52. The molecule has 74 valence electrons. The summed E-state index contributed by atoms with van der Waals surface area (Å²) in [5.74, 6) is -0.600. The van der Waals surface area contributed by atoms with E-state index in [-0.39, 0.29) is 5.57 Å². The van der Waals surface area contributed by atoms with Gasteiger partial charge in [0.05, 0.1) is 6.04 Å². The molecule has 4 heteroatoms. The Hall–Kier alpha value is -1.32. The van der Waals surface area contributed by atoms with Gasteiger partial charge in [-0.1, -0.05) is 30.3 Å². The third kappa shape index (κ3) is 2.34. The second kappa shape index (κ2) is 4.26. The molecular formula is C10H11ClN2O. The van der Waals surface area contributed by atoms with Crippen LogP contribution >= 0.6 is 11.6 Å². The predicted molar refractivity (Wildman–Crippen MR) is 56.7 cm³/mol. The Balaban J connectivity index is 2.95. The topological polar surface area (TPSA) is 69.1 Å². The Labute approximate surface area is 87.3 Å². The molecule has 0 aliphatic rings. The van der Waals surface area contributed by atoms with E-state index in [1.165, 1.54) is 0 Å². The number of rotatable bonds is 3. The zero-order valence-electron chi connectivity index (χ0n) is 7.53. The first kappa shape index (κ1) is 10.8. The number of primary amides is 1. The minimum atomic E-state index is -0.600. The average molecular weight is 211 g/mol. The largest absolute Gasteiger partial charge is 0.366 e. The molecule has 1 aromatic carbocycles. The molecule has 1 amide bonds. The fourth-order valence-electron chi connectivity index (χ4n) is 1.05. The lowest BCUT2D eigenvalue weighted by Crippen LogP contribution is -2.23. The summed E-state index contributed by atoms with van der Waals surface area (Å²) in [4.78, 5) is 10.8. The Morgan fingerprint density at radius 2 is 2.14 bits per heavy atom. The van der Waals surface area contributed by atoms with Gasteiger partial charge < -0.3 is 11.5 Å². The molecule has 0 bridgehead atoms. The molecule has 4 N–H and O–H groups in total. The van der Waals surface area contributed by atoms with Gasteiger partial charge in [-0.05, 0) is 17.7 Å². The summed E-state index contributed by atoms with van der Waals surface area (Å²) >= 11 is 5.77. The van der Waals surface area contributed by atoms with Crippen LogP contribution in [0.15, 0.2) is 36.4 Å². The third-order valence-corrected chi connectivity index (χ3v) is 2.13. The van der Waals surface area contributed by atoms with Crippen LogP contribution in [0.3, 0.4) is 0 Å². The van der Waals surface area contributed by atoms with Gasteiger partial charge in [0.25, 0.3) is 0 Å². The van der Waals surface area contributed by atoms with Crippen molar-refractivity contribution in [2.24, 2.45) is 11.5 Å². The van der Waals surface area contributed by atoms with Crippen molar-refractivity contribution in [3.63, 3.8) is 0 Å². The molecule has 14 heavy (non-hydrogen) atoms. The van der Waals surface area contributed by atoms with Crippen molar-refractivity contribution >= 4 is 17.5 Å². The van der Waals surface area contributed by atoms with Gasteiger partial charge in [0.15, 0.2) is 0 Å². The van der Waals surface area contributed by atoms with Gasteiger partial charge in [0.1, 0.15) is 0 Å². The maximum Gasteiger partial charge on any atom is 0.245 e. The molecule has 1 unspecified atom stereocenters. The first-order valence-electron chi connectivity index (χ1n) is 4.02. The summed E-state index contributed by atoms with van der Waals surface area (Å²) in [5.41, 5.74) is 11.7. The quantitative estimate of drug-likeness (QED) is 0.741. The number of hydrogen-bond acceptors (Lipinski definition) is 2. The van der Waals surface area contributed by atoms with E-state index in [0.29, 0.717) is 5.02 Å². The molecule has 0 saturated heterocycles. The fraction of sp³-hybridized carbons (Fsp3) is 0.100. The summed E-state index contributed by atoms with van der Waals surface area (Å²) < 4.78 is 0. The van der Waals surface area contributed by atoms with Crippen molar-refractivity contribution in [3.8, 4) is 0 Å². The van der Waals surface area contributed by atoms with E-state index in [4.69, 9.17) is 23.1 Å². The van der Waals surface area contributed by atoms with Crippen LogP contribution in [0.1, 0.15) is 11.6 Å². The van der Waals surface area contributed by atoms with Crippen molar-refractivity contribution in [2.45, 2.75) is 6.04 Å². The zero-order valence-corrected chi connectivity index (χ0v) is 8.29. The monoisotopic (exact) mass is 210 g/mol. The molecule has 1 rings (SSSR count). The molecule has 0 heterocycles. The number of carbonyl (C=O) groups is 1. The molecule has 0 aromatic heterocycles. The summed E-state index contributed by atoms with van der Waals surface area (Å²) in [5, 5.41) is 0.565. The second-order valence-electron chi connectivity index (χ2n) is 2.92. The van der Waals surface area contributed by atoms with Gasteiger partial charge in [-0.25, -0.2) is 0 Å². The predicted octanol–water partition coefficient (Wildman–Crippen LogP) is 1.38. The lowest BCUT2D eigenvalue weighted by Gasteiger charge is -2.12. The van der Waals surface area contributed by atoms with Crippen LogP contribution in [0.5, 0.6) is 0 Å². The average Bonchev–Trinajstić information content (AvgIpc) is 2.15. The highest BCUT2D eigenvalue weighted by molar-refractivity contribution is 6.30. The van der Waals surface area contributed by atoms with Gasteiger partial charge in [-0.3, -0.25) is 4.79 Å². The lowest BCUT2D eigenvalue weighted by molar-refractivity contribution is -0.114. The van der Waals surface area contributed by atoms with Gasteiger partial charge >= 0.3 is 0 Å². The van der Waals surface area contributed by atoms with Gasteiger partial charge in [-0.2, -0.15) is 0 Å². The van der Waals surface area contributed by atoms with Crippen LogP contribution in [0.2, 0.25) is 5.02 Å². The number of carbonyl (C=O) groups excluding carboxylic acids is 1. The van der Waals surface area contributed by atoms with E-state index < -0.39 is 11.9 Å². The Bertz CT molecular complexity index is 376. The van der Waals surface area contributed by atoms with Crippen molar-refractivity contribution < 1.29 is 4.79 Å². The molecule has 1 atom stereocenters. The minimum absolute atomic E-state index is 0.173. The number of halogens is 1. The van der Waals surface area contributed by atoms with Crippen molar-refractivity contribution in [1.29, 1.82) is 0 Å². The van der Waals surface area contributed by atoms with Crippen LogP contribution in [-0.4, -0.2) is 5.91 Å². The summed E-state index contributed by atoms with van der Waals surface area (Å²) in [6.45, 7) is 3.52. The molecule has 0 aliphatic heterocycles. The standard InChI is InChI=1S/C10H11ClN2O/c1-6(10(13)14)9(12)7-3-2-4-8(11)5-7/h2-5,9H,1,12H2,(H2,13,14). The van der Waals surface area contributed by atoms with E-state index >= 15 is 0 Å². The number of hydrogen-bond donors (Lipinski definition) is 2. The second-order valence-corrected chi connectivity index (χ2v) is 3.36. The lowest BCUT2D eigenvalue weighted by atomic mass is 10.0. The van der Waals surface area contributed by atoms with Crippen LogP contribution in [0, 0.1) is 0 Å². The Morgan fingerprint density at radius 3 is 2.64 bits per heavy atom. The summed E-state index contributed by atoms with van der Waals surface area (Å²) in [6, 6.07) is 6.34. The van der Waals surface area contributed by atoms with Crippen LogP contribution in [0.25, 0.3) is 0 Å². The fourth-order valence-corrected chi connectivity index (χ4v) is 1.25. The minimum Gasteiger partial charge on any atom is -0.366 e. The SMILES string of the molecule is C=C(C(N)=O)C(N)c1cccc(Cl)c1. The van der Waals surface area contributed by atoms with Crippen molar-refractivity contribution in [3.05, 3.63) is 47.0 Å². The molecule has 0 fully saturated rings. The van der Waals surface area contributed by atoms with E-state index in [2.05, 4.69) is 6.58 Å². The maximum atomic E-state index is 10.8. The highest BCUT2D eigenvalue weighted by Gasteiger charge is 2.14. The van der Waals surface area contributed by atoms with Gasteiger partial charge in [-0.15, -0.1) is 0 Å². The van der Waals surface area contributed by atoms with Crippen LogP contribution in [0.4, 0.5) is 0 Å². The number of benzene rings is 1. The number of amides is 1. The normalized spacial score (nSPS) is 12.1. The molecule has 0 radical (unpaired) electrons. The molecule has 1 aromatic rings. The molecular weight excluding hydrogens is 200 g/mol. The van der Waals surface area contributed by atoms with E-state index in [1.807, 2.05) is 0 Å². The molecule has 0 saturated carbocycles. The van der Waals surface area contributed by atoms with E-state index in [9.17, 15) is 4.79 Å².